The molecule has 2 nitrogen and oxygen atoms in total. The lowest BCUT2D eigenvalue weighted by Gasteiger charge is -2.16. The molecule has 0 spiro atoms. The van der Waals surface area contributed by atoms with Crippen molar-refractivity contribution in [1.82, 2.24) is 5.43 Å². The molecule has 2 heteroatoms. The van der Waals surface area contributed by atoms with Crippen molar-refractivity contribution < 1.29 is 0 Å². The lowest BCUT2D eigenvalue weighted by atomic mass is 9.99. The van der Waals surface area contributed by atoms with E-state index in [1.807, 2.05) is 18.2 Å². The third kappa shape index (κ3) is 3.16. The molecule has 2 rings (SSSR count). The Bertz CT molecular complexity index is 448. The van der Waals surface area contributed by atoms with Crippen molar-refractivity contribution in [2.45, 2.75) is 19.4 Å². The van der Waals surface area contributed by atoms with Crippen molar-refractivity contribution in [3.05, 3.63) is 71.3 Å². The monoisotopic (exact) mass is 226 g/mol. The summed E-state index contributed by atoms with van der Waals surface area (Å²) in [6.07, 6.45) is 0.904. The van der Waals surface area contributed by atoms with Gasteiger partial charge in [-0.3, -0.25) is 11.3 Å². The number of nitrogens with two attached hydrogens (primary N) is 1. The van der Waals surface area contributed by atoms with Gasteiger partial charge in [0.15, 0.2) is 0 Å². The van der Waals surface area contributed by atoms with Gasteiger partial charge in [0, 0.05) is 6.04 Å². The van der Waals surface area contributed by atoms with Crippen LogP contribution in [0.4, 0.5) is 0 Å². The van der Waals surface area contributed by atoms with E-state index in [-0.39, 0.29) is 6.04 Å². The fourth-order valence-electron chi connectivity index (χ4n) is 1.92. The van der Waals surface area contributed by atoms with Crippen LogP contribution in [0, 0.1) is 6.92 Å². The highest BCUT2D eigenvalue weighted by Crippen LogP contribution is 2.17. The molecule has 0 radical (unpaired) electrons. The van der Waals surface area contributed by atoms with Gasteiger partial charge in [-0.05, 0) is 24.5 Å². The summed E-state index contributed by atoms with van der Waals surface area (Å²) in [7, 11) is 0. The van der Waals surface area contributed by atoms with Crippen LogP contribution >= 0.6 is 0 Å². The molecule has 0 bridgehead atoms. The maximum absolute atomic E-state index is 5.63. The Kier molecular flexibility index (Phi) is 3.91. The summed E-state index contributed by atoms with van der Waals surface area (Å²) in [5.41, 5.74) is 6.68. The normalized spacial score (nSPS) is 12.4. The Hall–Kier alpha value is -1.64. The summed E-state index contributed by atoms with van der Waals surface area (Å²) in [6.45, 7) is 2.10. The van der Waals surface area contributed by atoms with Gasteiger partial charge in [-0.2, -0.15) is 0 Å². The Balaban J connectivity index is 2.13. The molecule has 0 saturated heterocycles. The second-order valence-electron chi connectivity index (χ2n) is 4.32. The zero-order valence-corrected chi connectivity index (χ0v) is 10.1. The quantitative estimate of drug-likeness (QED) is 0.621. The van der Waals surface area contributed by atoms with Gasteiger partial charge in [0.05, 0.1) is 0 Å². The molecular formula is C15H18N2. The van der Waals surface area contributed by atoms with Crippen molar-refractivity contribution in [2.24, 2.45) is 5.84 Å². The van der Waals surface area contributed by atoms with E-state index in [0.29, 0.717) is 0 Å². The van der Waals surface area contributed by atoms with Crippen LogP contribution in [0.15, 0.2) is 54.6 Å². The average Bonchev–Trinajstić information content (AvgIpc) is 2.39. The van der Waals surface area contributed by atoms with E-state index in [4.69, 9.17) is 5.84 Å². The Morgan fingerprint density at radius 3 is 2.24 bits per heavy atom. The molecule has 88 valence electrons. The van der Waals surface area contributed by atoms with E-state index in [2.05, 4.69) is 48.7 Å². The summed E-state index contributed by atoms with van der Waals surface area (Å²) in [5.74, 6) is 5.63. The molecule has 0 unspecified atom stereocenters. The van der Waals surface area contributed by atoms with Crippen LogP contribution in [0.2, 0.25) is 0 Å². The molecule has 0 saturated carbocycles. The molecule has 3 N–H and O–H groups in total. The fraction of sp³-hybridized carbons (Fsp3) is 0.200. The minimum atomic E-state index is 0.166. The van der Waals surface area contributed by atoms with Crippen LogP contribution in [-0.4, -0.2) is 0 Å². The number of nitrogens with one attached hydrogen (secondary N) is 1. The molecule has 17 heavy (non-hydrogen) atoms. The number of hydrazine groups is 1. The van der Waals surface area contributed by atoms with Gasteiger partial charge in [-0.1, -0.05) is 60.2 Å². The zero-order chi connectivity index (χ0) is 12.1. The van der Waals surface area contributed by atoms with Crippen LogP contribution < -0.4 is 11.3 Å². The van der Waals surface area contributed by atoms with E-state index < -0.39 is 0 Å². The van der Waals surface area contributed by atoms with E-state index in [0.717, 1.165) is 6.42 Å². The van der Waals surface area contributed by atoms with Crippen LogP contribution in [0.25, 0.3) is 0 Å². The first kappa shape index (κ1) is 11.8. The standard InChI is InChI=1S/C15H18N2/c1-12-7-9-13(10-8-12)11-15(17-16)14-5-3-2-4-6-14/h2-10,15,17H,11,16H2,1H3/t15-/m1/s1. The zero-order valence-electron chi connectivity index (χ0n) is 10.1. The summed E-state index contributed by atoms with van der Waals surface area (Å²) in [6, 6.07) is 19.0. The predicted octanol–water partition coefficient (Wildman–Crippen LogP) is 2.74. The van der Waals surface area contributed by atoms with Crippen LogP contribution in [0.5, 0.6) is 0 Å². The minimum Gasteiger partial charge on any atom is -0.271 e. The van der Waals surface area contributed by atoms with Gasteiger partial charge in [0.25, 0.3) is 0 Å². The van der Waals surface area contributed by atoms with Gasteiger partial charge in [0.1, 0.15) is 0 Å². The summed E-state index contributed by atoms with van der Waals surface area (Å²) >= 11 is 0. The summed E-state index contributed by atoms with van der Waals surface area (Å²) in [4.78, 5) is 0. The first-order valence-electron chi connectivity index (χ1n) is 5.86. The van der Waals surface area contributed by atoms with Crippen molar-refractivity contribution in [1.29, 1.82) is 0 Å². The number of benzene rings is 2. The smallest absolute Gasteiger partial charge is 0.0500 e. The molecular weight excluding hydrogens is 208 g/mol. The first-order chi connectivity index (χ1) is 8.29. The predicted molar refractivity (Wildman–Crippen MR) is 71.4 cm³/mol. The van der Waals surface area contributed by atoms with Gasteiger partial charge < -0.3 is 0 Å². The number of hydrogen-bond acceptors (Lipinski definition) is 2. The highest BCUT2D eigenvalue weighted by Gasteiger charge is 2.09. The van der Waals surface area contributed by atoms with E-state index in [1.54, 1.807) is 0 Å². The Morgan fingerprint density at radius 1 is 1.00 bits per heavy atom. The largest absolute Gasteiger partial charge is 0.271 e. The summed E-state index contributed by atoms with van der Waals surface area (Å²) in [5, 5.41) is 0. The highest BCUT2D eigenvalue weighted by atomic mass is 15.2. The van der Waals surface area contributed by atoms with Crippen LogP contribution in [-0.2, 0) is 6.42 Å². The van der Waals surface area contributed by atoms with Crippen molar-refractivity contribution >= 4 is 0 Å². The number of rotatable bonds is 4. The van der Waals surface area contributed by atoms with Crippen molar-refractivity contribution in [2.75, 3.05) is 0 Å². The van der Waals surface area contributed by atoms with E-state index >= 15 is 0 Å². The third-order valence-electron chi connectivity index (χ3n) is 2.96. The molecule has 0 aromatic heterocycles. The van der Waals surface area contributed by atoms with Gasteiger partial charge in [-0.15, -0.1) is 0 Å². The number of hydrogen-bond donors (Lipinski definition) is 2. The molecule has 2 aromatic rings. The topological polar surface area (TPSA) is 38.0 Å². The second-order valence-corrected chi connectivity index (χ2v) is 4.32. The molecule has 0 heterocycles. The van der Waals surface area contributed by atoms with Crippen LogP contribution in [0.1, 0.15) is 22.7 Å². The third-order valence-corrected chi connectivity index (χ3v) is 2.96. The lowest BCUT2D eigenvalue weighted by Crippen LogP contribution is -2.29. The highest BCUT2D eigenvalue weighted by molar-refractivity contribution is 5.25. The maximum Gasteiger partial charge on any atom is 0.0500 e. The van der Waals surface area contributed by atoms with Crippen LogP contribution in [0.3, 0.4) is 0 Å². The fourth-order valence-corrected chi connectivity index (χ4v) is 1.92. The molecule has 0 amide bonds. The SMILES string of the molecule is Cc1ccc(C[C@@H](NN)c2ccccc2)cc1. The average molecular weight is 226 g/mol. The van der Waals surface area contributed by atoms with Gasteiger partial charge in [0.2, 0.25) is 0 Å². The minimum absolute atomic E-state index is 0.166. The maximum atomic E-state index is 5.63. The van der Waals surface area contributed by atoms with E-state index in [9.17, 15) is 0 Å². The molecule has 0 aliphatic heterocycles. The molecule has 0 aliphatic carbocycles. The Morgan fingerprint density at radius 2 is 1.65 bits per heavy atom. The second kappa shape index (κ2) is 5.62. The first-order valence-corrected chi connectivity index (χ1v) is 5.86. The summed E-state index contributed by atoms with van der Waals surface area (Å²) < 4.78 is 0. The molecule has 0 aliphatic rings. The van der Waals surface area contributed by atoms with E-state index in [1.165, 1.54) is 16.7 Å². The lowest BCUT2D eigenvalue weighted by molar-refractivity contribution is 0.552. The van der Waals surface area contributed by atoms with Gasteiger partial charge >= 0.3 is 0 Å². The Labute approximate surface area is 102 Å². The van der Waals surface area contributed by atoms with Crippen molar-refractivity contribution in [3.63, 3.8) is 0 Å². The van der Waals surface area contributed by atoms with Crippen molar-refractivity contribution in [3.8, 4) is 0 Å². The molecule has 1 atom stereocenters. The van der Waals surface area contributed by atoms with Gasteiger partial charge in [-0.25, -0.2) is 0 Å². The molecule has 2 aromatic carbocycles. The number of aryl methyl sites for hydroxylation is 1. The molecule has 0 fully saturated rings.